The molecule has 0 radical (unpaired) electrons. The van der Waals surface area contributed by atoms with Gasteiger partial charge in [0.15, 0.2) is 0 Å². The van der Waals surface area contributed by atoms with Crippen molar-refractivity contribution in [3.05, 3.63) is 0 Å². The van der Waals surface area contributed by atoms with Gasteiger partial charge in [0.1, 0.15) is 0 Å². The normalized spacial score (nSPS) is 17.6. The topological polar surface area (TPSA) is 61.6 Å². The van der Waals surface area contributed by atoms with Crippen LogP contribution < -0.4 is 11.1 Å². The highest BCUT2D eigenvalue weighted by Crippen LogP contribution is 2.02. The lowest BCUT2D eigenvalue weighted by atomic mass is 10.3. The van der Waals surface area contributed by atoms with E-state index < -0.39 is 0 Å². The fourth-order valence-electron chi connectivity index (χ4n) is 1.40. The molecule has 2 amide bonds. The lowest BCUT2D eigenvalue weighted by molar-refractivity contribution is 0.0384. The molecule has 13 heavy (non-hydrogen) atoms. The minimum Gasteiger partial charge on any atom is -0.350 e. The Labute approximate surface area is 78.8 Å². The van der Waals surface area contributed by atoms with Crippen molar-refractivity contribution >= 4 is 6.03 Å². The van der Waals surface area contributed by atoms with Gasteiger partial charge >= 0.3 is 6.03 Å². The predicted octanol–water partition coefficient (Wildman–Crippen LogP) is -0.0551. The number of carbonyl (C=O) groups excluding carboxylic acids is 1. The second kappa shape index (κ2) is 5.04. The summed E-state index contributed by atoms with van der Waals surface area (Å²) in [5.41, 5.74) is 5.27. The van der Waals surface area contributed by atoms with Gasteiger partial charge in [-0.05, 0) is 6.42 Å². The predicted molar refractivity (Wildman–Crippen MR) is 50.8 cm³/mol. The van der Waals surface area contributed by atoms with E-state index in [1.54, 1.807) is 5.01 Å². The quantitative estimate of drug-likeness (QED) is 0.647. The van der Waals surface area contributed by atoms with Gasteiger partial charge in [-0.2, -0.15) is 0 Å². The zero-order valence-corrected chi connectivity index (χ0v) is 8.12. The molecule has 3 N–H and O–H groups in total. The molecule has 0 aromatic heterocycles. The van der Waals surface area contributed by atoms with Gasteiger partial charge in [-0.15, -0.1) is 0 Å². The van der Waals surface area contributed by atoms with Crippen LogP contribution in [-0.2, 0) is 0 Å². The summed E-state index contributed by atoms with van der Waals surface area (Å²) in [7, 11) is 0. The number of nitrogens with zero attached hydrogens (tertiary/aromatic N) is 2. The van der Waals surface area contributed by atoms with Crippen molar-refractivity contribution in [2.45, 2.75) is 19.8 Å². The lowest BCUT2D eigenvalue weighted by Gasteiger charge is -2.29. The minimum atomic E-state index is -0.350. The molecule has 1 aliphatic rings. The monoisotopic (exact) mass is 186 g/mol. The SMILES string of the molecule is CCCCN(C(N)=O)N1CCNC1. The number of nitrogens with one attached hydrogen (secondary N) is 1. The third kappa shape index (κ3) is 2.86. The number of amides is 2. The van der Waals surface area contributed by atoms with Crippen molar-refractivity contribution in [3.63, 3.8) is 0 Å². The van der Waals surface area contributed by atoms with E-state index in [-0.39, 0.29) is 6.03 Å². The van der Waals surface area contributed by atoms with Crippen LogP contribution in [-0.4, -0.2) is 42.4 Å². The second-order valence-electron chi connectivity index (χ2n) is 3.20. The fraction of sp³-hybridized carbons (Fsp3) is 0.875. The van der Waals surface area contributed by atoms with Crippen LogP contribution in [0.15, 0.2) is 0 Å². The first kappa shape index (κ1) is 10.3. The van der Waals surface area contributed by atoms with Gasteiger partial charge in [0.05, 0.1) is 6.67 Å². The Bertz CT molecular complexity index is 168. The van der Waals surface area contributed by atoms with E-state index in [0.717, 1.165) is 39.1 Å². The van der Waals surface area contributed by atoms with Gasteiger partial charge in [-0.25, -0.2) is 9.80 Å². The summed E-state index contributed by atoms with van der Waals surface area (Å²) in [6, 6.07) is -0.350. The van der Waals surface area contributed by atoms with Crippen LogP contribution in [0.3, 0.4) is 0 Å². The molecule has 0 atom stereocenters. The molecule has 0 saturated carbocycles. The smallest absolute Gasteiger partial charge is 0.329 e. The van der Waals surface area contributed by atoms with Crippen molar-refractivity contribution < 1.29 is 4.79 Å². The van der Waals surface area contributed by atoms with Crippen LogP contribution in [0.2, 0.25) is 0 Å². The number of rotatable bonds is 4. The highest BCUT2D eigenvalue weighted by Gasteiger charge is 2.21. The van der Waals surface area contributed by atoms with Gasteiger partial charge < -0.3 is 11.1 Å². The first-order valence-electron chi connectivity index (χ1n) is 4.78. The zero-order chi connectivity index (χ0) is 9.68. The molecule has 1 rings (SSSR count). The Morgan fingerprint density at radius 3 is 2.92 bits per heavy atom. The number of nitrogens with two attached hydrogens (primary N) is 1. The lowest BCUT2D eigenvalue weighted by Crippen LogP contribution is -2.48. The van der Waals surface area contributed by atoms with E-state index in [9.17, 15) is 4.79 Å². The molecular formula is C8H18N4O. The van der Waals surface area contributed by atoms with E-state index in [1.807, 2.05) is 5.01 Å². The largest absolute Gasteiger partial charge is 0.350 e. The maximum Gasteiger partial charge on any atom is 0.329 e. The highest BCUT2D eigenvalue weighted by atomic mass is 16.2. The van der Waals surface area contributed by atoms with E-state index in [2.05, 4.69) is 12.2 Å². The third-order valence-electron chi connectivity index (χ3n) is 2.16. The molecule has 5 nitrogen and oxygen atoms in total. The van der Waals surface area contributed by atoms with Crippen molar-refractivity contribution in [1.29, 1.82) is 0 Å². The number of urea groups is 1. The van der Waals surface area contributed by atoms with E-state index >= 15 is 0 Å². The number of hydrazine groups is 1. The molecule has 0 bridgehead atoms. The van der Waals surface area contributed by atoms with Gasteiger partial charge in [0.25, 0.3) is 0 Å². The van der Waals surface area contributed by atoms with Crippen LogP contribution in [0, 0.1) is 0 Å². The molecule has 1 fully saturated rings. The molecule has 0 spiro atoms. The Morgan fingerprint density at radius 1 is 1.69 bits per heavy atom. The molecule has 5 heteroatoms. The molecule has 1 aliphatic heterocycles. The van der Waals surface area contributed by atoms with Crippen LogP contribution in [0.1, 0.15) is 19.8 Å². The summed E-state index contributed by atoms with van der Waals surface area (Å²) < 4.78 is 0. The average Bonchev–Trinajstić information content (AvgIpc) is 2.57. The number of hydrogen-bond donors (Lipinski definition) is 2. The van der Waals surface area contributed by atoms with E-state index in [4.69, 9.17) is 5.73 Å². The standard InChI is InChI=1S/C8H18N4O/c1-2-3-5-12(8(9)13)11-6-4-10-7-11/h10H,2-7H2,1H3,(H2,9,13). The fourth-order valence-corrected chi connectivity index (χ4v) is 1.40. The molecule has 76 valence electrons. The molecule has 0 aromatic rings. The maximum atomic E-state index is 11.1. The molecule has 1 heterocycles. The summed E-state index contributed by atoms with van der Waals surface area (Å²) in [4.78, 5) is 11.1. The van der Waals surface area contributed by atoms with Crippen molar-refractivity contribution in [3.8, 4) is 0 Å². The zero-order valence-electron chi connectivity index (χ0n) is 8.12. The molecule has 1 saturated heterocycles. The summed E-state index contributed by atoms with van der Waals surface area (Å²) in [5.74, 6) is 0. The Kier molecular flexibility index (Phi) is 3.98. The van der Waals surface area contributed by atoms with Gasteiger partial charge in [0, 0.05) is 19.6 Å². The van der Waals surface area contributed by atoms with Crippen molar-refractivity contribution in [2.75, 3.05) is 26.3 Å². The van der Waals surface area contributed by atoms with Crippen LogP contribution >= 0.6 is 0 Å². The average molecular weight is 186 g/mol. The van der Waals surface area contributed by atoms with Gasteiger partial charge in [-0.3, -0.25) is 5.01 Å². The summed E-state index contributed by atoms with van der Waals surface area (Å²) in [5, 5.41) is 6.75. The molecule has 0 aliphatic carbocycles. The Hall–Kier alpha value is -0.810. The summed E-state index contributed by atoms with van der Waals surface area (Å²) in [6.45, 7) is 5.35. The Morgan fingerprint density at radius 2 is 2.46 bits per heavy atom. The van der Waals surface area contributed by atoms with Crippen LogP contribution in [0.4, 0.5) is 4.79 Å². The Balaban J connectivity index is 2.40. The molecule has 0 unspecified atom stereocenters. The number of primary amides is 1. The summed E-state index contributed by atoms with van der Waals surface area (Å²) in [6.07, 6.45) is 2.07. The summed E-state index contributed by atoms with van der Waals surface area (Å²) >= 11 is 0. The molecular weight excluding hydrogens is 168 g/mol. The maximum absolute atomic E-state index is 11.1. The van der Waals surface area contributed by atoms with Crippen LogP contribution in [0.25, 0.3) is 0 Å². The third-order valence-corrected chi connectivity index (χ3v) is 2.16. The van der Waals surface area contributed by atoms with Gasteiger partial charge in [0.2, 0.25) is 0 Å². The van der Waals surface area contributed by atoms with Crippen molar-refractivity contribution in [1.82, 2.24) is 15.3 Å². The first-order valence-corrected chi connectivity index (χ1v) is 4.78. The second-order valence-corrected chi connectivity index (χ2v) is 3.20. The number of unbranched alkanes of at least 4 members (excludes halogenated alkanes) is 1. The van der Waals surface area contributed by atoms with E-state index in [0.29, 0.717) is 0 Å². The first-order chi connectivity index (χ1) is 6.25. The van der Waals surface area contributed by atoms with E-state index in [1.165, 1.54) is 0 Å². The highest BCUT2D eigenvalue weighted by molar-refractivity contribution is 5.71. The van der Waals surface area contributed by atoms with Gasteiger partial charge in [-0.1, -0.05) is 13.3 Å². The van der Waals surface area contributed by atoms with Crippen molar-refractivity contribution in [2.24, 2.45) is 5.73 Å². The minimum absolute atomic E-state index is 0.350. The molecule has 0 aromatic carbocycles. The van der Waals surface area contributed by atoms with Crippen LogP contribution in [0.5, 0.6) is 0 Å². The number of carbonyl (C=O) groups is 1. The number of hydrogen-bond acceptors (Lipinski definition) is 3.